The van der Waals surface area contributed by atoms with Crippen molar-refractivity contribution in [2.75, 3.05) is 18.0 Å². The maximum Gasteiger partial charge on any atom is 0.335 e. The van der Waals surface area contributed by atoms with Gasteiger partial charge in [-0.1, -0.05) is 20.8 Å². The normalized spacial score (nSPS) is 14.1. The Morgan fingerprint density at radius 2 is 2.05 bits per heavy atom. The smallest absolute Gasteiger partial charge is 0.335 e. The van der Waals surface area contributed by atoms with Crippen molar-refractivity contribution in [2.45, 2.75) is 27.2 Å². The Labute approximate surface area is 118 Å². The number of carboxylic acid groups (broad SMARTS) is 1. The summed E-state index contributed by atoms with van der Waals surface area (Å²) in [5, 5.41) is 11.9. The molecule has 0 saturated carbocycles. The fraction of sp³-hybridized carbons (Fsp3) is 0.467. The van der Waals surface area contributed by atoms with Crippen LogP contribution in [0.2, 0.25) is 0 Å². The summed E-state index contributed by atoms with van der Waals surface area (Å²) < 4.78 is 0. The molecule has 2 rings (SSSR count). The lowest BCUT2D eigenvalue weighted by Crippen LogP contribution is -2.42. The van der Waals surface area contributed by atoms with Crippen LogP contribution in [-0.4, -0.2) is 30.2 Å². The lowest BCUT2D eigenvalue weighted by atomic mass is 9.97. The summed E-state index contributed by atoms with van der Waals surface area (Å²) in [6.07, 6.45) is 0.694. The number of carbonyl (C=O) groups is 2. The topological polar surface area (TPSA) is 69.6 Å². The molecule has 20 heavy (non-hydrogen) atoms. The summed E-state index contributed by atoms with van der Waals surface area (Å²) in [6, 6.07) is 4.77. The van der Waals surface area contributed by atoms with Gasteiger partial charge in [-0.05, 0) is 35.6 Å². The zero-order chi connectivity index (χ0) is 14.9. The predicted octanol–water partition coefficient (Wildman–Crippen LogP) is 2.50. The fourth-order valence-electron chi connectivity index (χ4n) is 2.18. The molecule has 1 aliphatic rings. The largest absolute Gasteiger partial charge is 0.478 e. The van der Waals surface area contributed by atoms with Crippen molar-refractivity contribution in [1.29, 1.82) is 0 Å². The molecule has 5 heteroatoms. The van der Waals surface area contributed by atoms with Crippen LogP contribution < -0.4 is 10.2 Å². The van der Waals surface area contributed by atoms with E-state index < -0.39 is 5.97 Å². The molecule has 0 atom stereocenters. The minimum absolute atomic E-state index is 0.0331. The maximum atomic E-state index is 12.2. The third kappa shape index (κ3) is 3.10. The number of anilines is 1. The van der Waals surface area contributed by atoms with Crippen molar-refractivity contribution in [3.05, 3.63) is 29.3 Å². The van der Waals surface area contributed by atoms with Gasteiger partial charge in [0, 0.05) is 18.8 Å². The van der Waals surface area contributed by atoms with Crippen molar-refractivity contribution in [1.82, 2.24) is 5.32 Å². The van der Waals surface area contributed by atoms with Crippen molar-refractivity contribution >= 4 is 17.7 Å². The second kappa shape index (κ2) is 5.15. The molecule has 1 aromatic rings. The molecule has 2 amide bonds. The minimum atomic E-state index is -0.941. The number of aromatic carboxylic acids is 1. The highest BCUT2D eigenvalue weighted by atomic mass is 16.4. The van der Waals surface area contributed by atoms with E-state index in [1.54, 1.807) is 17.0 Å². The number of benzene rings is 1. The first kappa shape index (κ1) is 14.4. The van der Waals surface area contributed by atoms with E-state index in [9.17, 15) is 9.59 Å². The van der Waals surface area contributed by atoms with Crippen LogP contribution in [-0.2, 0) is 6.42 Å². The summed E-state index contributed by atoms with van der Waals surface area (Å²) in [5.41, 5.74) is 2.02. The minimum Gasteiger partial charge on any atom is -0.478 e. The number of nitrogens with one attached hydrogen (secondary N) is 1. The van der Waals surface area contributed by atoms with Crippen molar-refractivity contribution in [3.8, 4) is 0 Å². The van der Waals surface area contributed by atoms with E-state index >= 15 is 0 Å². The Morgan fingerprint density at radius 3 is 2.65 bits per heavy atom. The SMILES string of the molecule is CC(C)(C)CNC(=O)N1CCc2cc(C(=O)O)ccc21. The third-order valence-electron chi connectivity index (χ3n) is 3.24. The molecule has 0 aromatic heterocycles. The van der Waals surface area contributed by atoms with E-state index in [0.29, 0.717) is 19.5 Å². The zero-order valence-electron chi connectivity index (χ0n) is 12.1. The van der Waals surface area contributed by atoms with E-state index in [4.69, 9.17) is 5.11 Å². The molecule has 2 N–H and O–H groups in total. The standard InChI is InChI=1S/C15H20N2O3/c1-15(2,3)9-16-14(20)17-7-6-10-8-11(13(18)19)4-5-12(10)17/h4-5,8H,6-7,9H2,1-3H3,(H,16,20)(H,18,19). The molecule has 108 valence electrons. The van der Waals surface area contributed by atoms with Gasteiger partial charge in [0.05, 0.1) is 5.56 Å². The molecule has 5 nitrogen and oxygen atoms in total. The molecule has 1 heterocycles. The number of urea groups is 1. The van der Waals surface area contributed by atoms with E-state index in [2.05, 4.69) is 26.1 Å². The first-order valence-corrected chi connectivity index (χ1v) is 6.69. The summed E-state index contributed by atoms with van der Waals surface area (Å²) in [5.74, 6) is -0.941. The molecule has 0 saturated heterocycles. The lowest BCUT2D eigenvalue weighted by Gasteiger charge is -2.23. The summed E-state index contributed by atoms with van der Waals surface area (Å²) >= 11 is 0. The van der Waals surface area contributed by atoms with Gasteiger partial charge < -0.3 is 10.4 Å². The Balaban J connectivity index is 2.12. The van der Waals surface area contributed by atoms with Crippen LogP contribution >= 0.6 is 0 Å². The van der Waals surface area contributed by atoms with Gasteiger partial charge in [0.25, 0.3) is 0 Å². The van der Waals surface area contributed by atoms with Gasteiger partial charge >= 0.3 is 12.0 Å². The number of hydrogen-bond donors (Lipinski definition) is 2. The number of fused-ring (bicyclic) bond motifs is 1. The number of carbonyl (C=O) groups excluding carboxylic acids is 1. The summed E-state index contributed by atoms with van der Waals surface area (Å²) in [7, 11) is 0. The Morgan fingerprint density at radius 1 is 1.35 bits per heavy atom. The average Bonchev–Trinajstić information content (AvgIpc) is 2.77. The lowest BCUT2D eigenvalue weighted by molar-refractivity contribution is 0.0697. The quantitative estimate of drug-likeness (QED) is 0.872. The van der Waals surface area contributed by atoms with E-state index in [1.165, 1.54) is 6.07 Å². The monoisotopic (exact) mass is 276 g/mol. The molecule has 1 aliphatic heterocycles. The van der Waals surface area contributed by atoms with E-state index in [0.717, 1.165) is 11.3 Å². The Kier molecular flexibility index (Phi) is 3.70. The number of nitrogens with zero attached hydrogens (tertiary/aromatic N) is 1. The number of amides is 2. The second-order valence-electron chi connectivity index (χ2n) is 6.27. The van der Waals surface area contributed by atoms with Gasteiger partial charge in [-0.25, -0.2) is 9.59 Å². The number of hydrogen-bond acceptors (Lipinski definition) is 2. The van der Waals surface area contributed by atoms with Crippen LogP contribution in [0.15, 0.2) is 18.2 Å². The molecule has 0 bridgehead atoms. The van der Waals surface area contributed by atoms with Gasteiger partial charge in [0.2, 0.25) is 0 Å². The van der Waals surface area contributed by atoms with Crippen LogP contribution in [0.1, 0.15) is 36.7 Å². The predicted molar refractivity (Wildman–Crippen MR) is 77.3 cm³/mol. The van der Waals surface area contributed by atoms with Gasteiger partial charge in [-0.15, -0.1) is 0 Å². The van der Waals surface area contributed by atoms with Crippen LogP contribution in [0.3, 0.4) is 0 Å². The van der Waals surface area contributed by atoms with E-state index in [-0.39, 0.29) is 17.0 Å². The highest BCUT2D eigenvalue weighted by molar-refractivity contribution is 5.96. The molecular formula is C15H20N2O3. The van der Waals surface area contributed by atoms with Crippen LogP contribution in [0.4, 0.5) is 10.5 Å². The summed E-state index contributed by atoms with van der Waals surface area (Å²) in [4.78, 5) is 24.8. The summed E-state index contributed by atoms with van der Waals surface area (Å²) in [6.45, 7) is 7.37. The highest BCUT2D eigenvalue weighted by Crippen LogP contribution is 2.29. The van der Waals surface area contributed by atoms with Gasteiger partial charge in [-0.2, -0.15) is 0 Å². The molecular weight excluding hydrogens is 256 g/mol. The average molecular weight is 276 g/mol. The van der Waals surface area contributed by atoms with Gasteiger partial charge in [0.15, 0.2) is 0 Å². The zero-order valence-corrected chi connectivity index (χ0v) is 12.1. The number of carboxylic acids is 1. The number of rotatable bonds is 2. The third-order valence-corrected chi connectivity index (χ3v) is 3.24. The Hall–Kier alpha value is -2.04. The van der Waals surface area contributed by atoms with Crippen LogP contribution in [0.25, 0.3) is 0 Å². The van der Waals surface area contributed by atoms with Crippen molar-refractivity contribution < 1.29 is 14.7 Å². The maximum absolute atomic E-state index is 12.2. The van der Waals surface area contributed by atoms with Gasteiger partial charge in [-0.3, -0.25) is 4.90 Å². The second-order valence-corrected chi connectivity index (χ2v) is 6.27. The first-order chi connectivity index (χ1) is 9.28. The molecule has 1 aromatic carbocycles. The van der Waals surface area contributed by atoms with E-state index in [1.807, 2.05) is 0 Å². The molecule has 0 fully saturated rings. The molecule has 0 aliphatic carbocycles. The van der Waals surface area contributed by atoms with Crippen LogP contribution in [0, 0.1) is 5.41 Å². The molecule has 0 spiro atoms. The van der Waals surface area contributed by atoms with Crippen molar-refractivity contribution in [2.24, 2.45) is 5.41 Å². The highest BCUT2D eigenvalue weighted by Gasteiger charge is 2.26. The van der Waals surface area contributed by atoms with Crippen LogP contribution in [0.5, 0.6) is 0 Å². The molecule has 0 radical (unpaired) electrons. The Bertz CT molecular complexity index is 547. The van der Waals surface area contributed by atoms with Gasteiger partial charge in [0.1, 0.15) is 0 Å². The molecule has 0 unspecified atom stereocenters. The fourth-order valence-corrected chi connectivity index (χ4v) is 2.18. The first-order valence-electron chi connectivity index (χ1n) is 6.69. The van der Waals surface area contributed by atoms with Crippen molar-refractivity contribution in [3.63, 3.8) is 0 Å².